The van der Waals surface area contributed by atoms with Gasteiger partial charge in [-0.25, -0.2) is 17.9 Å². The molecule has 0 amide bonds. The zero-order valence-corrected chi connectivity index (χ0v) is 15.8. The number of carboxylic acids is 1. The monoisotopic (exact) mass is 427 g/mol. The number of sulfonamides is 1. The number of carboxylic acid groups (broad SMARTS) is 1. The minimum absolute atomic E-state index is 0.0712. The van der Waals surface area contributed by atoms with Crippen molar-refractivity contribution in [3.05, 3.63) is 65.2 Å². The van der Waals surface area contributed by atoms with Crippen LogP contribution in [0.2, 0.25) is 0 Å². The molecule has 2 aromatic rings. The molecule has 2 N–H and O–H groups in total. The fourth-order valence-electron chi connectivity index (χ4n) is 2.88. The Bertz CT molecular complexity index is 1060. The van der Waals surface area contributed by atoms with Gasteiger partial charge in [0.05, 0.1) is 10.5 Å². The minimum Gasteiger partial charge on any atom is -0.478 e. The van der Waals surface area contributed by atoms with E-state index in [1.165, 1.54) is 0 Å². The van der Waals surface area contributed by atoms with Crippen molar-refractivity contribution >= 4 is 22.1 Å². The fraction of sp³-hybridized carbons (Fsp3) is 0.211. The highest BCUT2D eigenvalue weighted by Crippen LogP contribution is 2.38. The average molecular weight is 427 g/mol. The molecule has 0 aliphatic carbocycles. The Kier molecular flexibility index (Phi) is 5.42. The van der Waals surface area contributed by atoms with Crippen LogP contribution in [0, 0.1) is 0 Å². The zero-order chi connectivity index (χ0) is 21.4. The van der Waals surface area contributed by atoms with Crippen LogP contribution in [-0.2, 0) is 14.8 Å². The molecule has 3 rings (SSSR count). The van der Waals surface area contributed by atoms with Gasteiger partial charge in [-0.3, -0.25) is 0 Å². The smallest absolute Gasteiger partial charge is 0.430 e. The maximum absolute atomic E-state index is 13.1. The first kappa shape index (κ1) is 20.9. The summed E-state index contributed by atoms with van der Waals surface area (Å²) in [5, 5.41) is 9.09. The van der Waals surface area contributed by atoms with Crippen LogP contribution in [0.3, 0.4) is 0 Å². The lowest BCUT2D eigenvalue weighted by molar-refractivity contribution is -0.187. The van der Waals surface area contributed by atoms with Crippen molar-refractivity contribution in [1.82, 2.24) is 4.72 Å². The van der Waals surface area contributed by atoms with Crippen molar-refractivity contribution in [3.63, 3.8) is 0 Å². The molecule has 1 aliphatic rings. The summed E-state index contributed by atoms with van der Waals surface area (Å²) in [6.07, 6.45) is -6.79. The van der Waals surface area contributed by atoms with Crippen LogP contribution in [0.1, 0.15) is 24.1 Å². The molecular weight excluding hydrogens is 411 g/mol. The van der Waals surface area contributed by atoms with E-state index in [4.69, 9.17) is 9.84 Å². The lowest BCUT2D eigenvalue weighted by Crippen LogP contribution is -2.40. The summed E-state index contributed by atoms with van der Waals surface area (Å²) < 4.78 is 71.9. The van der Waals surface area contributed by atoms with Gasteiger partial charge in [0.1, 0.15) is 5.75 Å². The molecule has 0 fully saturated rings. The number of rotatable bonds is 5. The Labute approximate surface area is 164 Å². The minimum atomic E-state index is -4.93. The number of halogens is 3. The third-order valence-electron chi connectivity index (χ3n) is 4.31. The molecular formula is C19H16F3NO5S. The van der Waals surface area contributed by atoms with Crippen molar-refractivity contribution in [3.8, 4) is 5.75 Å². The first-order chi connectivity index (χ1) is 13.5. The van der Waals surface area contributed by atoms with E-state index in [1.54, 1.807) is 37.3 Å². The second kappa shape index (κ2) is 7.53. The molecule has 2 atom stereocenters. The Hall–Kier alpha value is -2.85. The van der Waals surface area contributed by atoms with Crippen molar-refractivity contribution in [2.45, 2.75) is 30.1 Å². The van der Waals surface area contributed by atoms with Gasteiger partial charge in [0.25, 0.3) is 0 Å². The summed E-state index contributed by atoms with van der Waals surface area (Å²) in [5.41, 5.74) is -0.373. The largest absolute Gasteiger partial charge is 0.478 e. The van der Waals surface area contributed by atoms with Gasteiger partial charge < -0.3 is 9.84 Å². The summed E-state index contributed by atoms with van der Waals surface area (Å²) >= 11 is 0. The number of hydrogen-bond acceptors (Lipinski definition) is 4. The quantitative estimate of drug-likeness (QED) is 0.762. The van der Waals surface area contributed by atoms with E-state index < -0.39 is 39.9 Å². The van der Waals surface area contributed by atoms with Crippen LogP contribution >= 0.6 is 0 Å². The van der Waals surface area contributed by atoms with Crippen LogP contribution in [0.25, 0.3) is 6.08 Å². The fourth-order valence-corrected chi connectivity index (χ4v) is 4.14. The van der Waals surface area contributed by atoms with Gasteiger partial charge in [-0.15, -0.1) is 0 Å². The lowest BCUT2D eigenvalue weighted by Gasteiger charge is -2.27. The van der Waals surface area contributed by atoms with Crippen LogP contribution in [-0.4, -0.2) is 31.8 Å². The highest BCUT2D eigenvalue weighted by Gasteiger charge is 2.48. The van der Waals surface area contributed by atoms with Crippen LogP contribution in [0.5, 0.6) is 5.75 Å². The lowest BCUT2D eigenvalue weighted by atomic mass is 10.0. The Balaban J connectivity index is 1.94. The van der Waals surface area contributed by atoms with Crippen LogP contribution in [0.4, 0.5) is 13.2 Å². The van der Waals surface area contributed by atoms with Gasteiger partial charge in [-0.1, -0.05) is 30.3 Å². The number of benzene rings is 2. The van der Waals surface area contributed by atoms with E-state index in [0.717, 1.165) is 29.8 Å². The van der Waals surface area contributed by atoms with Gasteiger partial charge in [-0.2, -0.15) is 13.2 Å². The molecule has 154 valence electrons. The number of aliphatic carboxylic acids is 1. The van der Waals surface area contributed by atoms with Gasteiger partial charge in [0.15, 0.2) is 0 Å². The highest BCUT2D eigenvalue weighted by atomic mass is 32.2. The average Bonchev–Trinajstić information content (AvgIpc) is 2.66. The molecule has 6 nitrogen and oxygen atoms in total. The van der Waals surface area contributed by atoms with E-state index in [-0.39, 0.29) is 16.2 Å². The van der Waals surface area contributed by atoms with Gasteiger partial charge >= 0.3 is 12.1 Å². The highest BCUT2D eigenvalue weighted by molar-refractivity contribution is 7.89. The number of hydrogen-bond donors (Lipinski definition) is 2. The van der Waals surface area contributed by atoms with Crippen LogP contribution < -0.4 is 9.46 Å². The van der Waals surface area contributed by atoms with Gasteiger partial charge in [0.2, 0.25) is 16.1 Å². The summed E-state index contributed by atoms with van der Waals surface area (Å²) in [5.74, 6) is -2.06. The zero-order valence-electron chi connectivity index (χ0n) is 15.0. The number of carbonyl (C=O) groups is 1. The van der Waals surface area contributed by atoms with Crippen molar-refractivity contribution in [2.75, 3.05) is 0 Å². The predicted molar refractivity (Wildman–Crippen MR) is 97.7 cm³/mol. The Morgan fingerprint density at radius 1 is 1.17 bits per heavy atom. The molecule has 1 aliphatic heterocycles. The predicted octanol–water partition coefficient (Wildman–Crippen LogP) is 3.52. The van der Waals surface area contributed by atoms with Crippen LogP contribution in [0.15, 0.2) is 59.0 Å². The number of nitrogens with one attached hydrogen (secondary N) is 1. The molecule has 1 heterocycles. The first-order valence-corrected chi connectivity index (χ1v) is 9.87. The molecule has 0 aromatic heterocycles. The topological polar surface area (TPSA) is 92.7 Å². The standard InChI is InChI=1S/C19H16F3NO5S/c1-11(12-5-3-2-4-6-12)23-29(26,27)14-7-8-16-13(9-14)10-15(18(24)25)17(28-16)19(20,21)22/h2-11,17,23H,1H3,(H,24,25). The van der Waals surface area contributed by atoms with E-state index in [9.17, 15) is 26.4 Å². The van der Waals surface area contributed by atoms with E-state index >= 15 is 0 Å². The van der Waals surface area contributed by atoms with E-state index in [2.05, 4.69) is 4.72 Å². The normalized spacial score (nSPS) is 17.7. The summed E-state index contributed by atoms with van der Waals surface area (Å²) in [7, 11) is -4.03. The maximum Gasteiger partial charge on any atom is 0.430 e. The SMILES string of the molecule is CC(NS(=O)(=O)c1ccc2c(c1)C=C(C(=O)O)C(C(F)(F)F)O2)c1ccccc1. The number of alkyl halides is 3. The number of ether oxygens (including phenoxy) is 1. The molecule has 0 bridgehead atoms. The molecule has 0 spiro atoms. The van der Waals surface area contributed by atoms with E-state index in [0.29, 0.717) is 0 Å². The van der Waals surface area contributed by atoms with Gasteiger partial charge in [0, 0.05) is 11.6 Å². The maximum atomic E-state index is 13.1. The van der Waals surface area contributed by atoms with Crippen molar-refractivity contribution in [1.29, 1.82) is 0 Å². The summed E-state index contributed by atoms with van der Waals surface area (Å²) in [6.45, 7) is 1.64. The van der Waals surface area contributed by atoms with E-state index in [1.807, 2.05) is 0 Å². The third-order valence-corrected chi connectivity index (χ3v) is 5.84. The molecule has 0 radical (unpaired) electrons. The second-order valence-electron chi connectivity index (χ2n) is 6.40. The number of fused-ring (bicyclic) bond motifs is 1. The molecule has 0 saturated heterocycles. The molecule has 29 heavy (non-hydrogen) atoms. The molecule has 10 heteroatoms. The van der Waals surface area contributed by atoms with Crippen molar-refractivity contribution < 1.29 is 36.2 Å². The molecule has 0 saturated carbocycles. The Morgan fingerprint density at radius 2 is 1.83 bits per heavy atom. The van der Waals surface area contributed by atoms with Gasteiger partial charge in [-0.05, 0) is 36.8 Å². The van der Waals surface area contributed by atoms with Crippen molar-refractivity contribution in [2.24, 2.45) is 0 Å². The summed E-state index contributed by atoms with van der Waals surface area (Å²) in [6, 6.07) is 11.5. The second-order valence-corrected chi connectivity index (χ2v) is 8.11. The first-order valence-electron chi connectivity index (χ1n) is 8.38. The molecule has 2 aromatic carbocycles. The Morgan fingerprint density at radius 3 is 2.41 bits per heavy atom. The third kappa shape index (κ3) is 4.43. The summed E-state index contributed by atoms with van der Waals surface area (Å²) in [4.78, 5) is 11.0. The molecule has 2 unspecified atom stereocenters.